The number of hydrogen-bond donors (Lipinski definition) is 0. The van der Waals surface area contributed by atoms with Crippen LogP contribution in [0, 0.1) is 6.92 Å². The van der Waals surface area contributed by atoms with Gasteiger partial charge in [0, 0.05) is 11.9 Å². The van der Waals surface area contributed by atoms with Gasteiger partial charge in [-0.3, -0.25) is 4.98 Å². The summed E-state index contributed by atoms with van der Waals surface area (Å²) in [7, 11) is 0. The van der Waals surface area contributed by atoms with Crippen molar-refractivity contribution in [2.75, 3.05) is 0 Å². The summed E-state index contributed by atoms with van der Waals surface area (Å²) in [5.74, 6) is 1.20. The number of hydrogen-bond acceptors (Lipinski definition) is 3. The quantitative estimate of drug-likeness (QED) is 0.693. The molecule has 4 nitrogen and oxygen atoms in total. The maximum Gasteiger partial charge on any atom is 0.160 e. The average Bonchev–Trinajstić information content (AvgIpc) is 2.85. The molecule has 108 valence electrons. The van der Waals surface area contributed by atoms with Crippen LogP contribution in [-0.4, -0.2) is 19.5 Å². The fraction of sp³-hybridized carbons (Fsp3) is 0.312. The Kier molecular flexibility index (Phi) is 3.88. The van der Waals surface area contributed by atoms with Crippen LogP contribution in [-0.2, 0) is 18.8 Å². The van der Waals surface area contributed by atoms with E-state index in [0.717, 1.165) is 34.8 Å². The van der Waals surface area contributed by atoms with Crippen LogP contribution in [0.2, 0.25) is 0 Å². The van der Waals surface area contributed by atoms with E-state index in [1.165, 1.54) is 5.56 Å². The number of rotatable bonds is 4. The van der Waals surface area contributed by atoms with Gasteiger partial charge in [0.15, 0.2) is 5.65 Å². The Balaban J connectivity index is 2.12. The first-order chi connectivity index (χ1) is 10.2. The number of aryl methyl sites for hydroxylation is 2. The van der Waals surface area contributed by atoms with Gasteiger partial charge in [-0.25, -0.2) is 9.97 Å². The molecule has 0 aliphatic carbocycles. The molecule has 0 bridgehead atoms. The molecule has 0 N–H and O–H groups in total. The van der Waals surface area contributed by atoms with Gasteiger partial charge in [-0.2, -0.15) is 0 Å². The van der Waals surface area contributed by atoms with Crippen LogP contribution in [0.25, 0.3) is 11.2 Å². The molecule has 3 heterocycles. The minimum atomic E-state index is 0.365. The largest absolute Gasteiger partial charge is 0.306 e. The molecule has 0 saturated carbocycles. The van der Waals surface area contributed by atoms with E-state index in [9.17, 15) is 0 Å². The van der Waals surface area contributed by atoms with E-state index >= 15 is 0 Å². The Hall–Kier alpha value is -1.94. The summed E-state index contributed by atoms with van der Waals surface area (Å²) in [6.07, 6.45) is 2.78. The zero-order chi connectivity index (χ0) is 14.8. The first-order valence-corrected chi connectivity index (χ1v) is 7.58. The molecular weight excluding hydrogens is 284 g/mol. The predicted molar refractivity (Wildman–Crippen MR) is 84.5 cm³/mol. The van der Waals surface area contributed by atoms with E-state index in [1.54, 1.807) is 0 Å². The van der Waals surface area contributed by atoms with Gasteiger partial charge in [-0.15, -0.1) is 11.6 Å². The van der Waals surface area contributed by atoms with E-state index in [-0.39, 0.29) is 0 Å². The zero-order valence-electron chi connectivity index (χ0n) is 12.2. The molecule has 0 radical (unpaired) electrons. The summed E-state index contributed by atoms with van der Waals surface area (Å²) in [6, 6.07) is 8.04. The van der Waals surface area contributed by atoms with Crippen LogP contribution < -0.4 is 0 Å². The van der Waals surface area contributed by atoms with Gasteiger partial charge in [0.25, 0.3) is 0 Å². The van der Waals surface area contributed by atoms with Crippen LogP contribution in [0.5, 0.6) is 0 Å². The number of aromatic nitrogens is 4. The number of nitrogens with zero attached hydrogens (tertiary/aromatic N) is 4. The number of fused-ring (bicyclic) bond motifs is 1. The summed E-state index contributed by atoms with van der Waals surface area (Å²) < 4.78 is 2.07. The van der Waals surface area contributed by atoms with Gasteiger partial charge < -0.3 is 4.57 Å². The Morgan fingerprint density at radius 2 is 2.05 bits per heavy atom. The minimum Gasteiger partial charge on any atom is -0.306 e. The molecule has 0 aromatic carbocycles. The number of alkyl halides is 1. The SMILES string of the molecule is CCc1cccnc1Cn1c(CCl)nc2ccc(C)nc21. The molecule has 3 rings (SSSR count). The van der Waals surface area contributed by atoms with Crippen LogP contribution in [0.15, 0.2) is 30.5 Å². The second-order valence-corrected chi connectivity index (χ2v) is 5.27. The van der Waals surface area contributed by atoms with Crippen molar-refractivity contribution in [3.05, 3.63) is 53.2 Å². The Labute approximate surface area is 128 Å². The molecule has 5 heteroatoms. The highest BCUT2D eigenvalue weighted by Gasteiger charge is 2.13. The van der Waals surface area contributed by atoms with Gasteiger partial charge >= 0.3 is 0 Å². The lowest BCUT2D eigenvalue weighted by molar-refractivity contribution is 0.740. The second-order valence-electron chi connectivity index (χ2n) is 5.01. The Morgan fingerprint density at radius 3 is 2.81 bits per heavy atom. The van der Waals surface area contributed by atoms with Crippen LogP contribution >= 0.6 is 11.6 Å². The molecule has 3 aromatic rings. The van der Waals surface area contributed by atoms with Gasteiger partial charge in [0.05, 0.1) is 18.1 Å². The third kappa shape index (κ3) is 2.63. The molecule has 0 unspecified atom stereocenters. The summed E-state index contributed by atoms with van der Waals surface area (Å²) in [4.78, 5) is 13.7. The topological polar surface area (TPSA) is 43.6 Å². The Bertz CT molecular complexity index is 779. The second kappa shape index (κ2) is 5.82. The van der Waals surface area contributed by atoms with E-state index in [0.29, 0.717) is 12.4 Å². The number of pyridine rings is 2. The van der Waals surface area contributed by atoms with Gasteiger partial charge in [0.1, 0.15) is 11.3 Å². The summed E-state index contributed by atoms with van der Waals surface area (Å²) in [5.41, 5.74) is 5.02. The fourth-order valence-corrected chi connectivity index (χ4v) is 2.70. The first-order valence-electron chi connectivity index (χ1n) is 7.04. The van der Waals surface area contributed by atoms with Crippen LogP contribution in [0.1, 0.15) is 29.7 Å². The van der Waals surface area contributed by atoms with Crippen molar-refractivity contribution in [3.63, 3.8) is 0 Å². The van der Waals surface area contributed by atoms with Crippen molar-refractivity contribution < 1.29 is 0 Å². The predicted octanol–water partition coefficient (Wildman–Crippen LogP) is 3.48. The van der Waals surface area contributed by atoms with Crippen LogP contribution in [0.3, 0.4) is 0 Å². The van der Waals surface area contributed by atoms with E-state index < -0.39 is 0 Å². The lowest BCUT2D eigenvalue weighted by Crippen LogP contribution is -2.08. The molecule has 0 aliphatic rings. The van der Waals surface area contributed by atoms with Crippen LogP contribution in [0.4, 0.5) is 0 Å². The molecule has 0 saturated heterocycles. The number of imidazole rings is 1. The molecule has 0 amide bonds. The minimum absolute atomic E-state index is 0.365. The Morgan fingerprint density at radius 1 is 1.19 bits per heavy atom. The fourth-order valence-electron chi connectivity index (χ4n) is 2.50. The summed E-state index contributed by atoms with van der Waals surface area (Å²) in [5, 5.41) is 0. The molecule has 3 aromatic heterocycles. The molecule has 0 atom stereocenters. The zero-order valence-corrected chi connectivity index (χ0v) is 12.9. The smallest absolute Gasteiger partial charge is 0.160 e. The normalized spacial score (nSPS) is 11.2. The molecule has 0 spiro atoms. The number of halogens is 1. The van der Waals surface area contributed by atoms with E-state index in [4.69, 9.17) is 11.6 Å². The van der Waals surface area contributed by atoms with Gasteiger partial charge in [0.2, 0.25) is 0 Å². The standard InChI is InChI=1S/C16H17ClN4/c1-3-12-5-4-8-18-14(12)10-21-15(9-17)20-13-7-6-11(2)19-16(13)21/h4-8H,3,9-10H2,1-2H3. The summed E-state index contributed by atoms with van der Waals surface area (Å²) >= 11 is 6.05. The highest BCUT2D eigenvalue weighted by atomic mass is 35.5. The highest BCUT2D eigenvalue weighted by Crippen LogP contribution is 2.19. The van der Waals surface area contributed by atoms with Crippen molar-refractivity contribution in [2.24, 2.45) is 0 Å². The maximum atomic E-state index is 6.05. The van der Waals surface area contributed by atoms with Crippen molar-refractivity contribution in [1.82, 2.24) is 19.5 Å². The molecule has 0 fully saturated rings. The van der Waals surface area contributed by atoms with Crippen molar-refractivity contribution in [2.45, 2.75) is 32.7 Å². The highest BCUT2D eigenvalue weighted by molar-refractivity contribution is 6.16. The lowest BCUT2D eigenvalue weighted by Gasteiger charge is -2.10. The van der Waals surface area contributed by atoms with Crippen molar-refractivity contribution in [3.8, 4) is 0 Å². The maximum absolute atomic E-state index is 6.05. The summed E-state index contributed by atoms with van der Waals surface area (Å²) in [6.45, 7) is 4.77. The average molecular weight is 301 g/mol. The molecule has 0 aliphatic heterocycles. The van der Waals surface area contributed by atoms with Gasteiger partial charge in [-0.1, -0.05) is 13.0 Å². The van der Waals surface area contributed by atoms with E-state index in [2.05, 4.69) is 32.5 Å². The first kappa shape index (κ1) is 14.0. The van der Waals surface area contributed by atoms with Crippen molar-refractivity contribution >= 4 is 22.8 Å². The monoisotopic (exact) mass is 300 g/mol. The lowest BCUT2D eigenvalue weighted by atomic mass is 10.1. The third-order valence-corrected chi connectivity index (χ3v) is 3.84. The molecular formula is C16H17ClN4. The third-order valence-electron chi connectivity index (χ3n) is 3.60. The van der Waals surface area contributed by atoms with E-state index in [1.807, 2.05) is 31.3 Å². The van der Waals surface area contributed by atoms with Crippen molar-refractivity contribution in [1.29, 1.82) is 0 Å². The molecule has 21 heavy (non-hydrogen) atoms. The van der Waals surface area contributed by atoms with Gasteiger partial charge in [-0.05, 0) is 37.1 Å².